The first-order chi connectivity index (χ1) is 15.2. The van der Waals surface area contributed by atoms with E-state index >= 15 is 0 Å². The summed E-state index contributed by atoms with van der Waals surface area (Å²) in [4.78, 5) is 5.73. The minimum atomic E-state index is 0.405. The van der Waals surface area contributed by atoms with Crippen molar-refractivity contribution in [2.75, 3.05) is 25.1 Å². The van der Waals surface area contributed by atoms with Crippen LogP contribution in [0.4, 0.5) is 5.69 Å². The Morgan fingerprint density at radius 1 is 1.00 bits per heavy atom. The predicted molar refractivity (Wildman–Crippen MR) is 127 cm³/mol. The molecule has 5 heteroatoms. The number of rotatable bonds is 7. The van der Waals surface area contributed by atoms with Gasteiger partial charge in [0.25, 0.3) is 0 Å². The van der Waals surface area contributed by atoms with E-state index in [0.29, 0.717) is 5.75 Å². The third kappa shape index (κ3) is 3.85. The topological polar surface area (TPSA) is 53.4 Å². The van der Waals surface area contributed by atoms with Gasteiger partial charge in [0.1, 0.15) is 11.5 Å². The van der Waals surface area contributed by atoms with Crippen molar-refractivity contribution in [3.8, 4) is 11.5 Å². The van der Waals surface area contributed by atoms with Crippen LogP contribution in [0.5, 0.6) is 11.5 Å². The molecule has 2 aromatic carbocycles. The number of aromatic amines is 1. The maximum Gasteiger partial charge on any atom is 0.139 e. The van der Waals surface area contributed by atoms with Gasteiger partial charge in [-0.2, -0.15) is 0 Å². The summed E-state index contributed by atoms with van der Waals surface area (Å²) in [7, 11) is 1.71. The van der Waals surface area contributed by atoms with Crippen molar-refractivity contribution >= 4 is 27.5 Å². The lowest BCUT2D eigenvalue weighted by Gasteiger charge is -2.30. The van der Waals surface area contributed by atoms with E-state index in [-0.39, 0.29) is 0 Å². The van der Waals surface area contributed by atoms with Gasteiger partial charge in [0.15, 0.2) is 0 Å². The molecule has 0 aliphatic carbocycles. The Labute approximate surface area is 183 Å². The van der Waals surface area contributed by atoms with Crippen LogP contribution in [-0.4, -0.2) is 34.9 Å². The molecule has 5 nitrogen and oxygen atoms in total. The van der Waals surface area contributed by atoms with Crippen molar-refractivity contribution in [2.45, 2.75) is 45.1 Å². The first kappa shape index (κ1) is 19.9. The Kier molecular flexibility index (Phi) is 5.49. The quantitative estimate of drug-likeness (QED) is 0.371. The van der Waals surface area contributed by atoms with Crippen LogP contribution in [0.25, 0.3) is 21.8 Å². The molecule has 2 aromatic heterocycles. The fourth-order valence-electron chi connectivity index (χ4n) is 4.98. The zero-order valence-electron chi connectivity index (χ0n) is 18.2. The number of methoxy groups -OCH3 is 1. The van der Waals surface area contributed by atoms with E-state index in [9.17, 15) is 5.11 Å². The number of hydrogen-bond acceptors (Lipinski definition) is 3. The second-order valence-electron chi connectivity index (χ2n) is 8.61. The van der Waals surface area contributed by atoms with Gasteiger partial charge in [0.2, 0.25) is 0 Å². The fraction of sp³-hybridized carbons (Fsp3) is 0.385. The number of ether oxygens (including phenoxy) is 1. The Morgan fingerprint density at radius 3 is 2.71 bits per heavy atom. The maximum absolute atomic E-state index is 10.6. The molecule has 1 fully saturated rings. The second kappa shape index (κ2) is 8.58. The molecular weight excluding hydrogens is 386 g/mol. The molecule has 1 saturated heterocycles. The molecule has 162 valence electrons. The average Bonchev–Trinajstić information content (AvgIpc) is 3.40. The SMILES string of the molecule is COc1ccc2[nH]cc(CCCCn3ccc4c(N5CCCCC5)c(O)ccc43)c2c1. The van der Waals surface area contributed by atoms with Crippen molar-refractivity contribution in [1.29, 1.82) is 0 Å². The number of phenolic OH excluding ortho intramolecular Hbond substituents is 1. The molecule has 0 bridgehead atoms. The summed E-state index contributed by atoms with van der Waals surface area (Å²) in [5.41, 5.74) is 4.75. The van der Waals surface area contributed by atoms with E-state index in [1.165, 1.54) is 41.1 Å². The molecule has 0 atom stereocenters. The molecule has 3 heterocycles. The Hall–Kier alpha value is -3.08. The van der Waals surface area contributed by atoms with Crippen LogP contribution in [0.1, 0.15) is 37.7 Å². The third-order valence-electron chi connectivity index (χ3n) is 6.65. The number of nitrogens with zero attached hydrogens (tertiary/aromatic N) is 2. The summed E-state index contributed by atoms with van der Waals surface area (Å²) >= 11 is 0. The first-order valence-electron chi connectivity index (χ1n) is 11.4. The van der Waals surface area contributed by atoms with Crippen LogP contribution in [0.15, 0.2) is 48.8 Å². The molecule has 31 heavy (non-hydrogen) atoms. The highest BCUT2D eigenvalue weighted by molar-refractivity contribution is 5.96. The molecule has 0 amide bonds. The Morgan fingerprint density at radius 2 is 1.87 bits per heavy atom. The number of anilines is 1. The molecule has 0 unspecified atom stereocenters. The van der Waals surface area contributed by atoms with Crippen LogP contribution < -0.4 is 9.64 Å². The van der Waals surface area contributed by atoms with Gasteiger partial charge in [-0.15, -0.1) is 0 Å². The average molecular weight is 418 g/mol. The van der Waals surface area contributed by atoms with Gasteiger partial charge in [-0.05, 0) is 80.5 Å². The number of piperidine rings is 1. The van der Waals surface area contributed by atoms with Crippen molar-refractivity contribution in [3.05, 3.63) is 54.4 Å². The van der Waals surface area contributed by atoms with Crippen LogP contribution in [0.2, 0.25) is 0 Å². The van der Waals surface area contributed by atoms with Gasteiger partial charge >= 0.3 is 0 Å². The van der Waals surface area contributed by atoms with Crippen molar-refractivity contribution in [2.24, 2.45) is 0 Å². The van der Waals surface area contributed by atoms with Gasteiger partial charge < -0.3 is 24.3 Å². The van der Waals surface area contributed by atoms with Crippen LogP contribution in [0.3, 0.4) is 0 Å². The number of H-pyrrole nitrogens is 1. The highest BCUT2D eigenvalue weighted by Crippen LogP contribution is 2.37. The zero-order valence-corrected chi connectivity index (χ0v) is 18.2. The molecular formula is C26H31N3O2. The van der Waals surface area contributed by atoms with Gasteiger partial charge in [0, 0.05) is 48.3 Å². The molecule has 4 aromatic rings. The van der Waals surface area contributed by atoms with Crippen molar-refractivity contribution < 1.29 is 9.84 Å². The highest BCUT2D eigenvalue weighted by Gasteiger charge is 2.18. The van der Waals surface area contributed by atoms with E-state index in [2.05, 4.69) is 51.1 Å². The lowest BCUT2D eigenvalue weighted by atomic mass is 10.1. The number of aromatic hydroxyl groups is 1. The number of phenols is 1. The molecule has 2 N–H and O–H groups in total. The summed E-state index contributed by atoms with van der Waals surface area (Å²) in [6.45, 7) is 3.06. The van der Waals surface area contributed by atoms with E-state index < -0.39 is 0 Å². The number of nitrogens with one attached hydrogen (secondary N) is 1. The van der Waals surface area contributed by atoms with E-state index in [1.54, 1.807) is 7.11 Å². The third-order valence-corrected chi connectivity index (χ3v) is 6.65. The summed E-state index contributed by atoms with van der Waals surface area (Å²) in [5.74, 6) is 1.31. The first-order valence-corrected chi connectivity index (χ1v) is 11.4. The Balaban J connectivity index is 1.27. The largest absolute Gasteiger partial charge is 0.506 e. The smallest absolute Gasteiger partial charge is 0.139 e. The predicted octanol–water partition coefficient (Wildman–Crippen LogP) is 5.85. The molecule has 5 rings (SSSR count). The maximum atomic E-state index is 10.6. The highest BCUT2D eigenvalue weighted by atomic mass is 16.5. The zero-order chi connectivity index (χ0) is 21.2. The Bertz CT molecular complexity index is 1180. The van der Waals surface area contributed by atoms with Gasteiger partial charge in [-0.1, -0.05) is 0 Å². The summed E-state index contributed by atoms with van der Waals surface area (Å²) in [5, 5.41) is 13.0. The minimum Gasteiger partial charge on any atom is -0.506 e. The lowest BCUT2D eigenvalue weighted by molar-refractivity contribution is 0.415. The fourth-order valence-corrected chi connectivity index (χ4v) is 4.98. The summed E-state index contributed by atoms with van der Waals surface area (Å²) in [6.07, 6.45) is 11.3. The van der Waals surface area contributed by atoms with Crippen molar-refractivity contribution in [3.63, 3.8) is 0 Å². The number of fused-ring (bicyclic) bond motifs is 2. The van der Waals surface area contributed by atoms with Crippen LogP contribution >= 0.6 is 0 Å². The monoisotopic (exact) mass is 417 g/mol. The van der Waals surface area contributed by atoms with Gasteiger partial charge in [-0.25, -0.2) is 0 Å². The molecule has 0 saturated carbocycles. The van der Waals surface area contributed by atoms with E-state index in [0.717, 1.165) is 55.9 Å². The van der Waals surface area contributed by atoms with E-state index in [4.69, 9.17) is 4.74 Å². The number of unbranched alkanes of at least 4 members (excludes halogenated alkanes) is 1. The van der Waals surface area contributed by atoms with Crippen LogP contribution in [0, 0.1) is 0 Å². The molecule has 1 aliphatic rings. The standard InChI is InChI=1S/C26H31N3O2/c1-31-20-8-9-23-22(17-20)19(18-27-23)7-3-6-13-28-16-12-21-24(28)10-11-25(30)26(21)29-14-4-2-5-15-29/h8-12,16-18,27,30H,2-7,13-15H2,1H3. The normalized spacial score (nSPS) is 14.5. The second-order valence-corrected chi connectivity index (χ2v) is 8.61. The molecule has 1 aliphatic heterocycles. The molecule has 0 spiro atoms. The summed E-state index contributed by atoms with van der Waals surface area (Å²) in [6, 6.07) is 12.3. The van der Waals surface area contributed by atoms with Crippen LogP contribution in [-0.2, 0) is 13.0 Å². The number of hydrogen-bond donors (Lipinski definition) is 2. The lowest BCUT2D eigenvalue weighted by Crippen LogP contribution is -2.29. The van der Waals surface area contributed by atoms with Crippen molar-refractivity contribution in [1.82, 2.24) is 9.55 Å². The summed E-state index contributed by atoms with van der Waals surface area (Å²) < 4.78 is 7.72. The van der Waals surface area contributed by atoms with Gasteiger partial charge in [-0.3, -0.25) is 0 Å². The van der Waals surface area contributed by atoms with E-state index in [1.807, 2.05) is 12.1 Å². The number of aromatic nitrogens is 2. The van der Waals surface area contributed by atoms with Gasteiger partial charge in [0.05, 0.1) is 18.3 Å². The minimum absolute atomic E-state index is 0.405. The molecule has 0 radical (unpaired) electrons. The number of benzene rings is 2. The number of aryl methyl sites for hydroxylation is 2.